The summed E-state index contributed by atoms with van der Waals surface area (Å²) in [6, 6.07) is 7.44. The molecule has 0 aliphatic carbocycles. The molecule has 0 heterocycles. The Morgan fingerprint density at radius 3 is 2.43 bits per heavy atom. The maximum absolute atomic E-state index is 12.6. The Morgan fingerprint density at radius 2 is 1.91 bits per heavy atom. The second-order valence-corrected chi connectivity index (χ2v) is 6.20. The lowest BCUT2D eigenvalue weighted by molar-refractivity contribution is 0.0185. The fraction of sp³-hybridized carbons (Fsp3) is 0.421. The van der Waals surface area contributed by atoms with Gasteiger partial charge in [-0.1, -0.05) is 30.4 Å². The first kappa shape index (κ1) is 18.8. The SMILES string of the molecule is C=CCC(c1ccccc1OC)N(CC=C)C(=O)OC(C)(C)C. The summed E-state index contributed by atoms with van der Waals surface area (Å²) in [5.41, 5.74) is 0.360. The number of ether oxygens (including phenoxy) is 2. The predicted octanol–water partition coefficient (Wildman–Crippen LogP) is 4.74. The molecule has 1 aromatic rings. The number of methoxy groups -OCH3 is 1. The average Bonchev–Trinajstić information content (AvgIpc) is 2.49. The molecule has 0 spiro atoms. The quantitative estimate of drug-likeness (QED) is 0.682. The van der Waals surface area contributed by atoms with Gasteiger partial charge < -0.3 is 9.47 Å². The molecule has 1 unspecified atom stereocenters. The Bertz CT molecular complexity index is 546. The highest BCUT2D eigenvalue weighted by molar-refractivity contribution is 5.69. The molecule has 1 aromatic carbocycles. The van der Waals surface area contributed by atoms with Crippen molar-refractivity contribution in [2.45, 2.75) is 38.8 Å². The lowest BCUT2D eigenvalue weighted by Crippen LogP contribution is -2.39. The van der Waals surface area contributed by atoms with Crippen molar-refractivity contribution < 1.29 is 14.3 Å². The molecule has 0 fully saturated rings. The van der Waals surface area contributed by atoms with Gasteiger partial charge in [0.05, 0.1) is 13.2 Å². The highest BCUT2D eigenvalue weighted by atomic mass is 16.6. The fourth-order valence-electron chi connectivity index (χ4n) is 2.31. The summed E-state index contributed by atoms with van der Waals surface area (Å²) < 4.78 is 11.0. The van der Waals surface area contributed by atoms with Gasteiger partial charge in [-0.05, 0) is 33.3 Å². The van der Waals surface area contributed by atoms with Gasteiger partial charge >= 0.3 is 6.09 Å². The van der Waals surface area contributed by atoms with E-state index in [1.807, 2.05) is 45.0 Å². The number of carbonyl (C=O) groups is 1. The lowest BCUT2D eigenvalue weighted by Gasteiger charge is -2.33. The Kier molecular flexibility index (Phi) is 6.89. The van der Waals surface area contributed by atoms with E-state index in [1.54, 1.807) is 24.2 Å². The smallest absolute Gasteiger partial charge is 0.411 e. The van der Waals surface area contributed by atoms with Crippen molar-refractivity contribution in [3.63, 3.8) is 0 Å². The maximum atomic E-state index is 12.6. The van der Waals surface area contributed by atoms with E-state index in [0.717, 1.165) is 11.3 Å². The van der Waals surface area contributed by atoms with Crippen LogP contribution in [0.3, 0.4) is 0 Å². The summed E-state index contributed by atoms with van der Waals surface area (Å²) >= 11 is 0. The number of rotatable bonds is 7. The lowest BCUT2D eigenvalue weighted by atomic mass is 10.0. The third-order valence-electron chi connectivity index (χ3n) is 3.22. The minimum atomic E-state index is -0.560. The molecule has 1 amide bonds. The van der Waals surface area contributed by atoms with Crippen molar-refractivity contribution >= 4 is 6.09 Å². The van der Waals surface area contributed by atoms with Crippen molar-refractivity contribution in [3.8, 4) is 5.75 Å². The van der Waals surface area contributed by atoms with E-state index in [-0.39, 0.29) is 12.1 Å². The summed E-state index contributed by atoms with van der Waals surface area (Å²) in [5, 5.41) is 0. The number of benzene rings is 1. The van der Waals surface area contributed by atoms with E-state index < -0.39 is 5.60 Å². The van der Waals surface area contributed by atoms with Crippen LogP contribution >= 0.6 is 0 Å². The van der Waals surface area contributed by atoms with E-state index in [9.17, 15) is 4.79 Å². The number of amides is 1. The van der Waals surface area contributed by atoms with E-state index in [2.05, 4.69) is 13.2 Å². The molecule has 0 bridgehead atoms. The maximum Gasteiger partial charge on any atom is 0.411 e. The Labute approximate surface area is 139 Å². The van der Waals surface area contributed by atoms with Gasteiger partial charge in [-0.3, -0.25) is 4.90 Å². The van der Waals surface area contributed by atoms with Gasteiger partial charge in [0.1, 0.15) is 11.4 Å². The summed E-state index contributed by atoms with van der Waals surface area (Å²) in [5.74, 6) is 0.733. The third-order valence-corrected chi connectivity index (χ3v) is 3.22. The predicted molar refractivity (Wildman–Crippen MR) is 93.7 cm³/mol. The molecule has 0 aliphatic rings. The molecule has 0 radical (unpaired) electrons. The van der Waals surface area contributed by atoms with Crippen LogP contribution in [0.15, 0.2) is 49.6 Å². The van der Waals surface area contributed by atoms with E-state index in [0.29, 0.717) is 13.0 Å². The molecule has 1 rings (SSSR count). The first-order valence-electron chi connectivity index (χ1n) is 7.68. The van der Waals surface area contributed by atoms with Crippen molar-refractivity contribution in [2.24, 2.45) is 0 Å². The third kappa shape index (κ3) is 5.47. The van der Waals surface area contributed by atoms with Crippen molar-refractivity contribution in [1.82, 2.24) is 4.90 Å². The number of hydrogen-bond acceptors (Lipinski definition) is 3. The zero-order chi connectivity index (χ0) is 17.5. The molecule has 126 valence electrons. The van der Waals surface area contributed by atoms with E-state index in [4.69, 9.17) is 9.47 Å². The van der Waals surface area contributed by atoms with E-state index >= 15 is 0 Å². The minimum absolute atomic E-state index is 0.225. The van der Waals surface area contributed by atoms with Gasteiger partial charge in [-0.2, -0.15) is 0 Å². The first-order chi connectivity index (χ1) is 10.8. The summed E-state index contributed by atoms with van der Waals surface area (Å²) in [6.07, 6.45) is 3.69. The van der Waals surface area contributed by atoms with Gasteiger partial charge in [0.15, 0.2) is 0 Å². The van der Waals surface area contributed by atoms with Crippen LogP contribution in [-0.2, 0) is 4.74 Å². The molecule has 0 aromatic heterocycles. The Hall–Kier alpha value is -2.23. The standard InChI is InChI=1S/C19H27NO3/c1-7-11-16(15-12-9-10-13-17(15)22-6)20(14-8-2)18(21)23-19(3,4)5/h7-10,12-13,16H,1-2,11,14H2,3-6H3. The van der Waals surface area contributed by atoms with Crippen molar-refractivity contribution in [3.05, 3.63) is 55.1 Å². The normalized spacial score (nSPS) is 12.2. The van der Waals surface area contributed by atoms with E-state index in [1.165, 1.54) is 0 Å². The van der Waals surface area contributed by atoms with Crippen molar-refractivity contribution in [1.29, 1.82) is 0 Å². The second kappa shape index (κ2) is 8.42. The van der Waals surface area contributed by atoms with Crippen LogP contribution in [-0.4, -0.2) is 30.2 Å². The summed E-state index contributed by atoms with van der Waals surface area (Å²) in [6.45, 7) is 13.5. The highest BCUT2D eigenvalue weighted by Gasteiger charge is 2.29. The molecule has 0 saturated carbocycles. The average molecular weight is 317 g/mol. The van der Waals surface area contributed by atoms with Gasteiger partial charge in [0, 0.05) is 12.1 Å². The Balaban J connectivity index is 3.23. The zero-order valence-electron chi connectivity index (χ0n) is 14.5. The van der Waals surface area contributed by atoms with Gasteiger partial charge in [0.2, 0.25) is 0 Å². The topological polar surface area (TPSA) is 38.8 Å². The zero-order valence-corrected chi connectivity index (χ0v) is 14.5. The number of carbonyl (C=O) groups excluding carboxylic acids is 1. The van der Waals surface area contributed by atoms with Crippen LogP contribution in [0.5, 0.6) is 5.75 Å². The number of nitrogens with zero attached hydrogens (tertiary/aromatic N) is 1. The molecule has 4 heteroatoms. The first-order valence-corrected chi connectivity index (χ1v) is 7.68. The molecular weight excluding hydrogens is 290 g/mol. The number of para-hydroxylation sites is 1. The molecule has 23 heavy (non-hydrogen) atoms. The molecular formula is C19H27NO3. The minimum Gasteiger partial charge on any atom is -0.496 e. The largest absolute Gasteiger partial charge is 0.496 e. The van der Waals surface area contributed by atoms with Crippen molar-refractivity contribution in [2.75, 3.05) is 13.7 Å². The van der Waals surface area contributed by atoms with Gasteiger partial charge in [0.25, 0.3) is 0 Å². The van der Waals surface area contributed by atoms with Gasteiger partial charge in [-0.15, -0.1) is 13.2 Å². The molecule has 0 saturated heterocycles. The monoisotopic (exact) mass is 317 g/mol. The van der Waals surface area contributed by atoms with Gasteiger partial charge in [-0.25, -0.2) is 4.79 Å². The fourth-order valence-corrected chi connectivity index (χ4v) is 2.31. The molecule has 4 nitrogen and oxygen atoms in total. The van der Waals surface area contributed by atoms with Crippen LogP contribution in [0.1, 0.15) is 38.8 Å². The van der Waals surface area contributed by atoms with Crippen LogP contribution < -0.4 is 4.74 Å². The highest BCUT2D eigenvalue weighted by Crippen LogP contribution is 2.33. The molecule has 1 atom stereocenters. The molecule has 0 N–H and O–H groups in total. The second-order valence-electron chi connectivity index (χ2n) is 6.20. The van der Waals surface area contributed by atoms with Crippen LogP contribution in [0.25, 0.3) is 0 Å². The van der Waals surface area contributed by atoms with Crippen LogP contribution in [0.4, 0.5) is 4.79 Å². The van der Waals surface area contributed by atoms with Crippen LogP contribution in [0.2, 0.25) is 0 Å². The number of hydrogen-bond donors (Lipinski definition) is 0. The van der Waals surface area contributed by atoms with Crippen LogP contribution in [0, 0.1) is 0 Å². The summed E-state index contributed by atoms with van der Waals surface area (Å²) in [7, 11) is 1.62. The Morgan fingerprint density at radius 1 is 1.26 bits per heavy atom. The summed E-state index contributed by atoms with van der Waals surface area (Å²) in [4.78, 5) is 14.3. The molecule has 0 aliphatic heterocycles.